The van der Waals surface area contributed by atoms with Crippen LogP contribution in [-0.4, -0.2) is 26.6 Å². The Kier molecular flexibility index (Phi) is 3.15. The molecular weight excluding hydrogens is 216 g/mol. The van der Waals surface area contributed by atoms with Crippen LogP contribution in [-0.2, 0) is 6.42 Å². The standard InChI is InChI=1S/C13H16N2O2/c1-9-13(7-8-16)10(2)15(14-9)11-3-5-12(17)6-4-11/h3-6,16-17H,7-8H2,1-2H3. The van der Waals surface area contributed by atoms with Crippen LogP contribution in [0.3, 0.4) is 0 Å². The molecule has 17 heavy (non-hydrogen) atoms. The highest BCUT2D eigenvalue weighted by atomic mass is 16.3. The van der Waals surface area contributed by atoms with E-state index in [9.17, 15) is 5.11 Å². The fraction of sp³-hybridized carbons (Fsp3) is 0.308. The van der Waals surface area contributed by atoms with E-state index in [1.54, 1.807) is 12.1 Å². The summed E-state index contributed by atoms with van der Waals surface area (Å²) in [5, 5.41) is 22.7. The van der Waals surface area contributed by atoms with Gasteiger partial charge in [-0.25, -0.2) is 4.68 Å². The van der Waals surface area contributed by atoms with Crippen molar-refractivity contribution in [1.29, 1.82) is 0 Å². The Morgan fingerprint density at radius 1 is 1.18 bits per heavy atom. The lowest BCUT2D eigenvalue weighted by molar-refractivity contribution is 0.299. The van der Waals surface area contributed by atoms with E-state index in [2.05, 4.69) is 5.10 Å². The molecule has 2 N–H and O–H groups in total. The van der Waals surface area contributed by atoms with Gasteiger partial charge in [-0.3, -0.25) is 0 Å². The van der Waals surface area contributed by atoms with Crippen molar-refractivity contribution in [2.75, 3.05) is 6.61 Å². The molecule has 90 valence electrons. The number of aliphatic hydroxyl groups excluding tert-OH is 1. The van der Waals surface area contributed by atoms with Gasteiger partial charge in [0.2, 0.25) is 0 Å². The molecule has 4 heteroatoms. The van der Waals surface area contributed by atoms with Crippen molar-refractivity contribution in [3.8, 4) is 11.4 Å². The predicted octanol–water partition coefficient (Wildman–Crippen LogP) is 1.73. The number of aryl methyl sites for hydroxylation is 1. The predicted molar refractivity (Wildman–Crippen MR) is 65.5 cm³/mol. The molecular formula is C13H16N2O2. The van der Waals surface area contributed by atoms with Gasteiger partial charge in [-0.15, -0.1) is 0 Å². The Morgan fingerprint density at radius 2 is 1.82 bits per heavy atom. The van der Waals surface area contributed by atoms with Crippen molar-refractivity contribution < 1.29 is 10.2 Å². The molecule has 2 rings (SSSR count). The summed E-state index contributed by atoms with van der Waals surface area (Å²) in [7, 11) is 0. The molecule has 0 radical (unpaired) electrons. The number of nitrogens with zero attached hydrogens (tertiary/aromatic N) is 2. The summed E-state index contributed by atoms with van der Waals surface area (Å²) < 4.78 is 1.83. The molecule has 0 unspecified atom stereocenters. The number of aromatic hydroxyl groups is 1. The summed E-state index contributed by atoms with van der Waals surface area (Å²) >= 11 is 0. The van der Waals surface area contributed by atoms with E-state index < -0.39 is 0 Å². The topological polar surface area (TPSA) is 58.3 Å². The quantitative estimate of drug-likeness (QED) is 0.847. The van der Waals surface area contributed by atoms with Gasteiger partial charge in [-0.05, 0) is 50.1 Å². The highest BCUT2D eigenvalue weighted by Crippen LogP contribution is 2.19. The SMILES string of the molecule is Cc1nn(-c2ccc(O)cc2)c(C)c1CCO. The smallest absolute Gasteiger partial charge is 0.115 e. The molecule has 0 atom stereocenters. The van der Waals surface area contributed by atoms with Crippen molar-refractivity contribution in [2.45, 2.75) is 20.3 Å². The van der Waals surface area contributed by atoms with Crippen molar-refractivity contribution in [1.82, 2.24) is 9.78 Å². The molecule has 4 nitrogen and oxygen atoms in total. The fourth-order valence-electron chi connectivity index (χ4n) is 1.99. The maximum Gasteiger partial charge on any atom is 0.115 e. The summed E-state index contributed by atoms with van der Waals surface area (Å²) in [6, 6.07) is 6.91. The molecule has 0 spiro atoms. The minimum atomic E-state index is 0.128. The summed E-state index contributed by atoms with van der Waals surface area (Å²) in [6.07, 6.45) is 0.621. The zero-order chi connectivity index (χ0) is 12.4. The normalized spacial score (nSPS) is 10.8. The third kappa shape index (κ3) is 2.17. The monoisotopic (exact) mass is 232 g/mol. The number of rotatable bonds is 3. The molecule has 0 saturated carbocycles. The lowest BCUT2D eigenvalue weighted by Gasteiger charge is -2.05. The van der Waals surface area contributed by atoms with Gasteiger partial charge in [0.1, 0.15) is 5.75 Å². The first-order valence-corrected chi connectivity index (χ1v) is 5.59. The maximum atomic E-state index is 9.25. The Balaban J connectivity index is 2.46. The molecule has 0 amide bonds. The van der Waals surface area contributed by atoms with Crippen LogP contribution in [0.2, 0.25) is 0 Å². The lowest BCUT2D eigenvalue weighted by Crippen LogP contribution is -1.99. The molecule has 0 bridgehead atoms. The van der Waals surface area contributed by atoms with Crippen LogP contribution >= 0.6 is 0 Å². The zero-order valence-electron chi connectivity index (χ0n) is 10.0. The van der Waals surface area contributed by atoms with Gasteiger partial charge in [-0.1, -0.05) is 0 Å². The zero-order valence-corrected chi connectivity index (χ0v) is 10.0. The van der Waals surface area contributed by atoms with E-state index in [4.69, 9.17) is 5.11 Å². The summed E-state index contributed by atoms with van der Waals surface area (Å²) in [5.74, 6) is 0.242. The van der Waals surface area contributed by atoms with Crippen LogP contribution in [0.25, 0.3) is 5.69 Å². The van der Waals surface area contributed by atoms with Crippen LogP contribution in [0.1, 0.15) is 17.0 Å². The second kappa shape index (κ2) is 4.59. The Morgan fingerprint density at radius 3 is 2.41 bits per heavy atom. The number of hydrogen-bond donors (Lipinski definition) is 2. The molecule has 0 saturated heterocycles. The van der Waals surface area contributed by atoms with Gasteiger partial charge in [0, 0.05) is 12.3 Å². The first-order valence-electron chi connectivity index (χ1n) is 5.59. The number of benzene rings is 1. The fourth-order valence-corrected chi connectivity index (χ4v) is 1.99. The number of phenolic OH excluding ortho intramolecular Hbond substituents is 1. The average molecular weight is 232 g/mol. The Hall–Kier alpha value is -1.81. The van der Waals surface area contributed by atoms with Crippen molar-refractivity contribution >= 4 is 0 Å². The number of aliphatic hydroxyl groups is 1. The first kappa shape index (κ1) is 11.7. The van der Waals surface area contributed by atoms with Gasteiger partial charge in [0.25, 0.3) is 0 Å². The van der Waals surface area contributed by atoms with Crippen molar-refractivity contribution in [2.24, 2.45) is 0 Å². The van der Waals surface area contributed by atoms with E-state index in [-0.39, 0.29) is 12.4 Å². The lowest BCUT2D eigenvalue weighted by atomic mass is 10.1. The van der Waals surface area contributed by atoms with E-state index in [1.165, 1.54) is 0 Å². The molecule has 1 aromatic heterocycles. The van der Waals surface area contributed by atoms with Crippen LogP contribution in [0, 0.1) is 13.8 Å². The second-order valence-corrected chi connectivity index (χ2v) is 4.05. The Bertz CT molecular complexity index is 515. The number of aromatic nitrogens is 2. The molecule has 1 aromatic carbocycles. The summed E-state index contributed by atoms with van der Waals surface area (Å²) in [6.45, 7) is 4.05. The number of phenols is 1. The van der Waals surface area contributed by atoms with E-state index in [0.29, 0.717) is 6.42 Å². The van der Waals surface area contributed by atoms with Gasteiger partial charge in [-0.2, -0.15) is 5.10 Å². The van der Waals surface area contributed by atoms with Crippen LogP contribution < -0.4 is 0 Å². The molecule has 2 aromatic rings. The van der Waals surface area contributed by atoms with Crippen LogP contribution in [0.15, 0.2) is 24.3 Å². The van der Waals surface area contributed by atoms with Crippen LogP contribution in [0.4, 0.5) is 0 Å². The third-order valence-corrected chi connectivity index (χ3v) is 2.90. The van der Waals surface area contributed by atoms with Crippen LogP contribution in [0.5, 0.6) is 5.75 Å². The van der Waals surface area contributed by atoms with Gasteiger partial charge >= 0.3 is 0 Å². The molecule has 1 heterocycles. The third-order valence-electron chi connectivity index (χ3n) is 2.90. The highest BCUT2D eigenvalue weighted by Gasteiger charge is 2.11. The van der Waals surface area contributed by atoms with Gasteiger partial charge in [0.15, 0.2) is 0 Å². The number of hydrogen-bond acceptors (Lipinski definition) is 3. The highest BCUT2D eigenvalue weighted by molar-refractivity contribution is 5.40. The first-order chi connectivity index (χ1) is 8.13. The summed E-state index contributed by atoms with van der Waals surface area (Å²) in [5.41, 5.74) is 3.96. The minimum absolute atomic E-state index is 0.128. The molecule has 0 aliphatic carbocycles. The van der Waals surface area contributed by atoms with Crippen molar-refractivity contribution in [3.63, 3.8) is 0 Å². The van der Waals surface area contributed by atoms with Gasteiger partial charge in [0.05, 0.1) is 11.4 Å². The average Bonchev–Trinajstić information content (AvgIpc) is 2.59. The Labute approximate surface area is 100 Å². The minimum Gasteiger partial charge on any atom is -0.508 e. The van der Waals surface area contributed by atoms with Crippen molar-refractivity contribution in [3.05, 3.63) is 41.2 Å². The van der Waals surface area contributed by atoms with E-state index in [1.807, 2.05) is 30.7 Å². The largest absolute Gasteiger partial charge is 0.508 e. The van der Waals surface area contributed by atoms with E-state index in [0.717, 1.165) is 22.6 Å². The molecule has 0 aliphatic rings. The van der Waals surface area contributed by atoms with Gasteiger partial charge < -0.3 is 10.2 Å². The summed E-state index contributed by atoms with van der Waals surface area (Å²) in [4.78, 5) is 0. The van der Waals surface area contributed by atoms with E-state index >= 15 is 0 Å². The maximum absolute atomic E-state index is 9.25. The molecule has 0 fully saturated rings. The molecule has 0 aliphatic heterocycles. The second-order valence-electron chi connectivity index (χ2n) is 4.05.